The van der Waals surface area contributed by atoms with Gasteiger partial charge in [-0.3, -0.25) is 9.59 Å². The number of rotatable bonds is 4. The van der Waals surface area contributed by atoms with E-state index < -0.39 is 24.2 Å². The third-order valence-electron chi connectivity index (χ3n) is 4.20. The summed E-state index contributed by atoms with van der Waals surface area (Å²) in [5.41, 5.74) is 0.0192. The normalized spacial score (nSPS) is 20.0. The number of amides is 2. The van der Waals surface area contributed by atoms with E-state index in [0.29, 0.717) is 12.8 Å². The molecule has 1 aliphatic rings. The highest BCUT2D eigenvalue weighted by molar-refractivity contribution is 5.80. The minimum Gasteiger partial charge on any atom is -0.353 e. The summed E-state index contributed by atoms with van der Waals surface area (Å²) >= 11 is 0. The van der Waals surface area contributed by atoms with Crippen molar-refractivity contribution in [2.45, 2.75) is 50.4 Å². The second-order valence-electron chi connectivity index (χ2n) is 6.07. The maximum atomic E-state index is 13.5. The molecule has 2 rings (SSSR count). The summed E-state index contributed by atoms with van der Waals surface area (Å²) in [6.45, 7) is 0. The first-order valence-electron chi connectivity index (χ1n) is 7.95. The maximum absolute atomic E-state index is 13.5. The smallest absolute Gasteiger partial charge is 0.353 e. The fourth-order valence-corrected chi connectivity index (χ4v) is 2.97. The number of hydrogen-bond acceptors (Lipinski definition) is 2. The SMILES string of the molecule is CN(C(=O)CC1CCCCC(=O)N1)C(c1ccccc1)C(F)(F)F. The topological polar surface area (TPSA) is 49.4 Å². The van der Waals surface area contributed by atoms with E-state index in [2.05, 4.69) is 5.32 Å². The van der Waals surface area contributed by atoms with Gasteiger partial charge in [-0.05, 0) is 18.4 Å². The average Bonchev–Trinajstić information content (AvgIpc) is 2.71. The molecule has 0 aliphatic carbocycles. The minimum absolute atomic E-state index is 0.0192. The van der Waals surface area contributed by atoms with E-state index in [-0.39, 0.29) is 17.9 Å². The van der Waals surface area contributed by atoms with E-state index in [9.17, 15) is 22.8 Å². The van der Waals surface area contributed by atoms with Gasteiger partial charge >= 0.3 is 6.18 Å². The predicted molar refractivity (Wildman–Crippen MR) is 83.0 cm³/mol. The van der Waals surface area contributed by atoms with E-state index in [1.54, 1.807) is 6.07 Å². The molecule has 0 bridgehead atoms. The van der Waals surface area contributed by atoms with Gasteiger partial charge in [-0.1, -0.05) is 36.8 Å². The summed E-state index contributed by atoms with van der Waals surface area (Å²) in [6, 6.07) is 4.97. The zero-order valence-corrected chi connectivity index (χ0v) is 13.5. The quantitative estimate of drug-likeness (QED) is 0.913. The largest absolute Gasteiger partial charge is 0.413 e. The van der Waals surface area contributed by atoms with Crippen molar-refractivity contribution in [1.29, 1.82) is 0 Å². The number of hydrogen-bond donors (Lipinski definition) is 1. The van der Waals surface area contributed by atoms with Crippen molar-refractivity contribution < 1.29 is 22.8 Å². The highest BCUT2D eigenvalue weighted by Crippen LogP contribution is 2.37. The van der Waals surface area contributed by atoms with Gasteiger partial charge < -0.3 is 10.2 Å². The Bertz CT molecular complexity index is 575. The van der Waals surface area contributed by atoms with Crippen molar-refractivity contribution in [3.63, 3.8) is 0 Å². The van der Waals surface area contributed by atoms with Crippen LogP contribution in [-0.4, -0.2) is 36.0 Å². The van der Waals surface area contributed by atoms with Gasteiger partial charge in [-0.2, -0.15) is 13.2 Å². The molecule has 1 heterocycles. The Morgan fingerprint density at radius 2 is 1.96 bits per heavy atom. The molecule has 1 fully saturated rings. The summed E-state index contributed by atoms with van der Waals surface area (Å²) in [6.07, 6.45) is -2.17. The molecule has 132 valence electrons. The molecule has 0 radical (unpaired) electrons. The number of halogens is 3. The Labute approximate surface area is 139 Å². The number of benzene rings is 1. The molecule has 1 saturated heterocycles. The lowest BCUT2D eigenvalue weighted by atomic mass is 10.0. The van der Waals surface area contributed by atoms with Gasteiger partial charge in [0.1, 0.15) is 0 Å². The van der Waals surface area contributed by atoms with Crippen LogP contribution in [0.5, 0.6) is 0 Å². The molecule has 24 heavy (non-hydrogen) atoms. The van der Waals surface area contributed by atoms with Gasteiger partial charge in [0.25, 0.3) is 0 Å². The molecule has 7 heteroatoms. The summed E-state index contributed by atoms with van der Waals surface area (Å²) in [5.74, 6) is -0.781. The van der Waals surface area contributed by atoms with E-state index in [1.807, 2.05) is 0 Å². The lowest BCUT2D eigenvalue weighted by Gasteiger charge is -2.31. The zero-order valence-electron chi connectivity index (χ0n) is 13.5. The van der Waals surface area contributed by atoms with Crippen LogP contribution < -0.4 is 5.32 Å². The van der Waals surface area contributed by atoms with Crippen LogP contribution >= 0.6 is 0 Å². The summed E-state index contributed by atoms with van der Waals surface area (Å²) in [7, 11) is 1.16. The van der Waals surface area contributed by atoms with E-state index >= 15 is 0 Å². The fourth-order valence-electron chi connectivity index (χ4n) is 2.97. The second kappa shape index (κ2) is 7.68. The van der Waals surface area contributed by atoms with Crippen LogP contribution in [0.3, 0.4) is 0 Å². The predicted octanol–water partition coefficient (Wildman–Crippen LogP) is 3.20. The Hall–Kier alpha value is -2.05. The molecule has 2 amide bonds. The second-order valence-corrected chi connectivity index (χ2v) is 6.07. The lowest BCUT2D eigenvalue weighted by Crippen LogP contribution is -2.43. The molecule has 1 aromatic carbocycles. The van der Waals surface area contributed by atoms with E-state index in [0.717, 1.165) is 24.8 Å². The number of nitrogens with zero attached hydrogens (tertiary/aromatic N) is 1. The third-order valence-corrected chi connectivity index (χ3v) is 4.20. The molecule has 1 aromatic rings. The molecule has 4 nitrogen and oxygen atoms in total. The van der Waals surface area contributed by atoms with Crippen LogP contribution in [0.4, 0.5) is 13.2 Å². The monoisotopic (exact) mass is 342 g/mol. The number of carbonyl (C=O) groups is 2. The van der Waals surface area contributed by atoms with Crippen molar-refractivity contribution in [3.8, 4) is 0 Å². The molecule has 1 aliphatic heterocycles. The Morgan fingerprint density at radius 3 is 2.58 bits per heavy atom. The minimum atomic E-state index is -4.57. The molecule has 2 unspecified atom stereocenters. The van der Waals surface area contributed by atoms with Crippen molar-refractivity contribution >= 4 is 11.8 Å². The molecule has 2 atom stereocenters. The molecule has 0 saturated carbocycles. The highest BCUT2D eigenvalue weighted by atomic mass is 19.4. The van der Waals surface area contributed by atoms with Crippen LogP contribution in [0.25, 0.3) is 0 Å². The van der Waals surface area contributed by atoms with Gasteiger partial charge in [0.2, 0.25) is 11.8 Å². The molecule has 1 N–H and O–H groups in total. The van der Waals surface area contributed by atoms with Gasteiger partial charge in [-0.25, -0.2) is 0 Å². The standard InChI is InChI=1S/C17H21F3N2O2/c1-22(15(24)11-13-9-5-6-10-14(23)21-13)16(17(18,19)20)12-7-3-2-4-8-12/h2-4,7-8,13,16H,5-6,9-11H2,1H3,(H,21,23). The van der Waals surface area contributed by atoms with E-state index in [1.165, 1.54) is 24.3 Å². The van der Waals surface area contributed by atoms with Crippen LogP contribution in [0, 0.1) is 0 Å². The molecular weight excluding hydrogens is 321 g/mol. The lowest BCUT2D eigenvalue weighted by molar-refractivity contribution is -0.189. The third kappa shape index (κ3) is 4.72. The fraction of sp³-hybridized carbons (Fsp3) is 0.529. The highest BCUT2D eigenvalue weighted by Gasteiger charge is 2.45. The molecular formula is C17H21F3N2O2. The van der Waals surface area contributed by atoms with Crippen molar-refractivity contribution in [1.82, 2.24) is 10.2 Å². The van der Waals surface area contributed by atoms with Crippen LogP contribution in [0.15, 0.2) is 30.3 Å². The van der Waals surface area contributed by atoms with Crippen LogP contribution in [-0.2, 0) is 9.59 Å². The average molecular weight is 342 g/mol. The first-order valence-corrected chi connectivity index (χ1v) is 7.95. The number of carbonyl (C=O) groups excluding carboxylic acids is 2. The van der Waals surface area contributed by atoms with Crippen LogP contribution in [0.2, 0.25) is 0 Å². The van der Waals surface area contributed by atoms with Crippen molar-refractivity contribution in [2.75, 3.05) is 7.05 Å². The molecule has 0 aromatic heterocycles. The van der Waals surface area contributed by atoms with Gasteiger partial charge in [0, 0.05) is 25.9 Å². The van der Waals surface area contributed by atoms with Gasteiger partial charge in [0.15, 0.2) is 6.04 Å². The zero-order chi connectivity index (χ0) is 17.7. The first-order chi connectivity index (χ1) is 11.3. The number of nitrogens with one attached hydrogen (secondary N) is 1. The summed E-state index contributed by atoms with van der Waals surface area (Å²) in [4.78, 5) is 24.6. The Kier molecular flexibility index (Phi) is 5.85. The Balaban J connectivity index is 2.12. The van der Waals surface area contributed by atoms with Gasteiger partial charge in [-0.15, -0.1) is 0 Å². The van der Waals surface area contributed by atoms with Crippen molar-refractivity contribution in [2.24, 2.45) is 0 Å². The first kappa shape index (κ1) is 18.3. The number of alkyl halides is 3. The van der Waals surface area contributed by atoms with Crippen LogP contribution in [0.1, 0.15) is 43.7 Å². The van der Waals surface area contributed by atoms with Gasteiger partial charge in [0.05, 0.1) is 0 Å². The summed E-state index contributed by atoms with van der Waals surface area (Å²) < 4.78 is 40.4. The molecule has 0 spiro atoms. The Morgan fingerprint density at radius 1 is 1.29 bits per heavy atom. The summed E-state index contributed by atoms with van der Waals surface area (Å²) in [5, 5.41) is 2.71. The van der Waals surface area contributed by atoms with Crippen molar-refractivity contribution in [3.05, 3.63) is 35.9 Å². The maximum Gasteiger partial charge on any atom is 0.413 e. The van der Waals surface area contributed by atoms with E-state index in [4.69, 9.17) is 0 Å².